The minimum absolute atomic E-state index is 0.0581. The maximum absolute atomic E-state index is 11.0. The summed E-state index contributed by atoms with van der Waals surface area (Å²) in [6, 6.07) is 9.07. The van der Waals surface area contributed by atoms with Crippen LogP contribution in [0.3, 0.4) is 0 Å². The van der Waals surface area contributed by atoms with E-state index < -0.39 is 10.5 Å². The van der Waals surface area contributed by atoms with Crippen LogP contribution in [0.1, 0.15) is 18.9 Å². The summed E-state index contributed by atoms with van der Waals surface area (Å²) in [4.78, 5) is 10.6. The van der Waals surface area contributed by atoms with E-state index in [-0.39, 0.29) is 12.1 Å². The van der Waals surface area contributed by atoms with E-state index in [0.29, 0.717) is 5.57 Å². The molecule has 1 unspecified atom stereocenters. The Kier molecular flexibility index (Phi) is 2.81. The first kappa shape index (κ1) is 11.5. The molecule has 0 amide bonds. The Morgan fingerprint density at radius 2 is 2.00 bits per heavy atom. The summed E-state index contributed by atoms with van der Waals surface area (Å²) < 4.78 is 0. The molecule has 1 N–H and O–H groups in total. The zero-order valence-electron chi connectivity index (χ0n) is 9.46. The highest BCUT2D eigenvalue weighted by atomic mass is 16.6. The second-order valence-electron chi connectivity index (χ2n) is 4.33. The summed E-state index contributed by atoms with van der Waals surface area (Å²) in [5, 5.41) is 20.9. The lowest BCUT2D eigenvalue weighted by Crippen LogP contribution is -2.24. The molecule has 0 radical (unpaired) electrons. The molecule has 0 bridgehead atoms. The van der Waals surface area contributed by atoms with E-state index in [1.54, 1.807) is 25.1 Å². The van der Waals surface area contributed by atoms with Gasteiger partial charge >= 0.3 is 0 Å². The number of nitrogens with zero attached hydrogens (tertiary/aromatic N) is 1. The number of aliphatic hydroxyl groups is 1. The largest absolute Gasteiger partial charge is 0.386 e. The Balaban J connectivity index is 2.50. The zero-order chi connectivity index (χ0) is 12.5. The topological polar surface area (TPSA) is 63.4 Å². The van der Waals surface area contributed by atoms with Crippen LogP contribution in [0.5, 0.6) is 0 Å². The van der Waals surface area contributed by atoms with Crippen LogP contribution in [0.25, 0.3) is 5.57 Å². The Morgan fingerprint density at radius 1 is 1.35 bits per heavy atom. The summed E-state index contributed by atoms with van der Waals surface area (Å²) in [6.45, 7) is 1.64. The minimum Gasteiger partial charge on any atom is -0.386 e. The van der Waals surface area contributed by atoms with Gasteiger partial charge in [-0.2, -0.15) is 0 Å². The van der Waals surface area contributed by atoms with Crippen molar-refractivity contribution in [3.05, 3.63) is 63.9 Å². The van der Waals surface area contributed by atoms with Crippen LogP contribution in [0.15, 0.2) is 48.2 Å². The minimum atomic E-state index is -1.02. The standard InChI is InChI=1S/C13H13NO3/c1-13(15)8-7-12(14(16)17)11(9-13)10-5-3-2-4-6-10/h2-7,9,15H,8H2,1H3. The number of nitro groups is 1. The quantitative estimate of drug-likeness (QED) is 0.627. The molecule has 0 saturated heterocycles. The molecule has 1 aliphatic carbocycles. The van der Waals surface area contributed by atoms with E-state index in [9.17, 15) is 15.2 Å². The first-order valence-corrected chi connectivity index (χ1v) is 5.35. The molecule has 1 aromatic rings. The highest BCUT2D eigenvalue weighted by Crippen LogP contribution is 2.32. The Bertz CT molecular complexity index is 501. The molecule has 88 valence electrons. The van der Waals surface area contributed by atoms with Crippen LogP contribution < -0.4 is 0 Å². The fraction of sp³-hybridized carbons (Fsp3) is 0.231. The molecule has 0 fully saturated rings. The van der Waals surface area contributed by atoms with Crippen LogP contribution in [-0.2, 0) is 0 Å². The first-order valence-electron chi connectivity index (χ1n) is 5.35. The van der Waals surface area contributed by atoms with Gasteiger partial charge in [0.15, 0.2) is 0 Å². The maximum atomic E-state index is 11.0. The molecule has 1 atom stereocenters. The third kappa shape index (κ3) is 2.42. The lowest BCUT2D eigenvalue weighted by molar-refractivity contribution is -0.417. The molecule has 17 heavy (non-hydrogen) atoms. The van der Waals surface area contributed by atoms with Gasteiger partial charge in [0.1, 0.15) is 0 Å². The van der Waals surface area contributed by atoms with Gasteiger partial charge in [-0.1, -0.05) is 30.3 Å². The highest BCUT2D eigenvalue weighted by Gasteiger charge is 2.29. The van der Waals surface area contributed by atoms with Crippen LogP contribution in [-0.4, -0.2) is 15.6 Å². The summed E-state index contributed by atoms with van der Waals surface area (Å²) in [5.74, 6) is 0. The van der Waals surface area contributed by atoms with Gasteiger partial charge in [0.2, 0.25) is 0 Å². The molecule has 1 aromatic carbocycles. The van der Waals surface area contributed by atoms with Crippen molar-refractivity contribution in [2.24, 2.45) is 0 Å². The average Bonchev–Trinajstić information content (AvgIpc) is 2.28. The van der Waals surface area contributed by atoms with Gasteiger partial charge in [0, 0.05) is 6.42 Å². The lowest BCUT2D eigenvalue weighted by atomic mass is 9.88. The van der Waals surface area contributed by atoms with Gasteiger partial charge in [-0.05, 0) is 24.6 Å². The molecule has 2 rings (SSSR count). The predicted molar refractivity (Wildman–Crippen MR) is 64.7 cm³/mol. The van der Waals surface area contributed by atoms with Crippen molar-refractivity contribution in [1.29, 1.82) is 0 Å². The SMILES string of the molecule is CC1(O)C=C(c2ccccc2)C([N+](=O)[O-])=CC1. The van der Waals surface area contributed by atoms with Gasteiger partial charge in [-0.3, -0.25) is 10.1 Å². The second-order valence-corrected chi connectivity index (χ2v) is 4.33. The van der Waals surface area contributed by atoms with E-state index in [2.05, 4.69) is 0 Å². The molecule has 0 heterocycles. The Labute approximate surface area is 99.0 Å². The van der Waals surface area contributed by atoms with Gasteiger partial charge in [0.25, 0.3) is 5.70 Å². The Hall–Kier alpha value is -1.94. The molecule has 0 saturated carbocycles. The van der Waals surface area contributed by atoms with Crippen LogP contribution in [0.2, 0.25) is 0 Å². The molecule has 4 nitrogen and oxygen atoms in total. The zero-order valence-corrected chi connectivity index (χ0v) is 9.46. The van der Waals surface area contributed by atoms with E-state index >= 15 is 0 Å². The van der Waals surface area contributed by atoms with Gasteiger partial charge < -0.3 is 5.11 Å². The monoisotopic (exact) mass is 231 g/mol. The van der Waals surface area contributed by atoms with Crippen molar-refractivity contribution < 1.29 is 10.0 Å². The fourth-order valence-electron chi connectivity index (χ4n) is 1.88. The second kappa shape index (κ2) is 4.14. The summed E-state index contributed by atoms with van der Waals surface area (Å²) in [6.07, 6.45) is 3.29. The number of hydrogen-bond donors (Lipinski definition) is 1. The van der Waals surface area contributed by atoms with E-state index in [4.69, 9.17) is 0 Å². The third-order valence-electron chi connectivity index (χ3n) is 2.72. The Morgan fingerprint density at radius 3 is 2.59 bits per heavy atom. The van der Waals surface area contributed by atoms with E-state index in [1.807, 2.05) is 18.2 Å². The summed E-state index contributed by atoms with van der Waals surface area (Å²) in [5.41, 5.74) is 0.259. The smallest absolute Gasteiger partial charge is 0.273 e. The molecule has 0 spiro atoms. The number of hydrogen-bond acceptors (Lipinski definition) is 3. The fourth-order valence-corrected chi connectivity index (χ4v) is 1.88. The normalized spacial score (nSPS) is 23.9. The van der Waals surface area contributed by atoms with Crippen LogP contribution in [0, 0.1) is 10.1 Å². The van der Waals surface area contributed by atoms with Crippen molar-refractivity contribution >= 4 is 5.57 Å². The van der Waals surface area contributed by atoms with Crippen LogP contribution >= 0.6 is 0 Å². The van der Waals surface area contributed by atoms with E-state index in [0.717, 1.165) is 5.56 Å². The number of benzene rings is 1. The van der Waals surface area contributed by atoms with Crippen molar-refractivity contribution in [1.82, 2.24) is 0 Å². The van der Waals surface area contributed by atoms with Gasteiger partial charge in [0.05, 0.1) is 16.1 Å². The van der Waals surface area contributed by atoms with Crippen molar-refractivity contribution in [3.8, 4) is 0 Å². The molecular weight excluding hydrogens is 218 g/mol. The number of rotatable bonds is 2. The number of allylic oxidation sites excluding steroid dienone is 1. The molecule has 0 aliphatic heterocycles. The molecule has 1 aliphatic rings. The first-order chi connectivity index (χ1) is 7.99. The van der Waals surface area contributed by atoms with Crippen molar-refractivity contribution in [3.63, 3.8) is 0 Å². The van der Waals surface area contributed by atoms with Gasteiger partial charge in [-0.25, -0.2) is 0 Å². The summed E-state index contributed by atoms with van der Waals surface area (Å²) in [7, 11) is 0. The lowest BCUT2D eigenvalue weighted by Gasteiger charge is -2.22. The molecule has 0 aromatic heterocycles. The van der Waals surface area contributed by atoms with Crippen molar-refractivity contribution in [2.75, 3.05) is 0 Å². The van der Waals surface area contributed by atoms with Crippen LogP contribution in [0.4, 0.5) is 0 Å². The van der Waals surface area contributed by atoms with Crippen molar-refractivity contribution in [2.45, 2.75) is 18.9 Å². The van der Waals surface area contributed by atoms with Gasteiger partial charge in [-0.15, -0.1) is 0 Å². The predicted octanol–water partition coefficient (Wildman–Crippen LogP) is 2.39. The van der Waals surface area contributed by atoms with E-state index in [1.165, 1.54) is 6.08 Å². The maximum Gasteiger partial charge on any atom is 0.273 e. The highest BCUT2D eigenvalue weighted by molar-refractivity contribution is 5.78. The average molecular weight is 231 g/mol. The summed E-state index contributed by atoms with van der Waals surface area (Å²) >= 11 is 0. The molecular formula is C13H13NO3. The third-order valence-corrected chi connectivity index (χ3v) is 2.72. The molecule has 4 heteroatoms.